The number of nitrogens with zero attached hydrogens (tertiary/aromatic N) is 4. The summed E-state index contributed by atoms with van der Waals surface area (Å²) in [5, 5.41) is 0. The fourth-order valence-corrected chi connectivity index (χ4v) is 2.98. The van der Waals surface area contributed by atoms with Crippen LogP contribution < -0.4 is 18.9 Å². The first-order valence-corrected chi connectivity index (χ1v) is 9.35. The first-order chi connectivity index (χ1) is 14.7. The Kier molecular flexibility index (Phi) is 4.44. The molecule has 0 atom stereocenters. The standard InChI is InChI=1S/C22H18N4O4/c1-14-15(2)24-22(30-18-7-8-19-20(11-18)28-13-27-19)25-21(14)29-17-5-3-16(4-6-17)26-10-9-23-12-26/h3-12H,13H2,1-2H3. The molecule has 30 heavy (non-hydrogen) atoms. The number of imidazole rings is 1. The molecular weight excluding hydrogens is 384 g/mol. The molecule has 5 rings (SSSR count). The molecule has 0 unspecified atom stereocenters. The van der Waals surface area contributed by atoms with Gasteiger partial charge in [0, 0.05) is 29.7 Å². The van der Waals surface area contributed by atoms with Crippen LogP contribution in [-0.4, -0.2) is 26.3 Å². The Labute approximate surface area is 172 Å². The van der Waals surface area contributed by atoms with E-state index in [0.29, 0.717) is 28.9 Å². The second-order valence-corrected chi connectivity index (χ2v) is 6.70. The zero-order chi connectivity index (χ0) is 20.5. The molecule has 0 aliphatic carbocycles. The Morgan fingerprint density at radius 3 is 2.50 bits per heavy atom. The molecule has 3 heterocycles. The molecular formula is C22H18N4O4. The van der Waals surface area contributed by atoms with Crippen LogP contribution in [-0.2, 0) is 0 Å². The van der Waals surface area contributed by atoms with Gasteiger partial charge >= 0.3 is 6.01 Å². The Hall–Kier alpha value is -4.07. The van der Waals surface area contributed by atoms with E-state index in [1.165, 1.54) is 0 Å². The summed E-state index contributed by atoms with van der Waals surface area (Å²) >= 11 is 0. The van der Waals surface area contributed by atoms with E-state index in [-0.39, 0.29) is 12.8 Å². The van der Waals surface area contributed by atoms with E-state index in [1.807, 2.05) is 48.9 Å². The smallest absolute Gasteiger partial charge is 0.325 e. The van der Waals surface area contributed by atoms with Gasteiger partial charge in [-0.05, 0) is 50.2 Å². The molecule has 0 amide bonds. The van der Waals surface area contributed by atoms with Crippen LogP contribution in [0.15, 0.2) is 61.2 Å². The molecule has 0 saturated heterocycles. The topological polar surface area (TPSA) is 80.5 Å². The number of hydrogen-bond acceptors (Lipinski definition) is 7. The van der Waals surface area contributed by atoms with Crippen molar-refractivity contribution in [3.05, 3.63) is 72.4 Å². The quantitative estimate of drug-likeness (QED) is 0.483. The lowest BCUT2D eigenvalue weighted by Crippen LogP contribution is -2.01. The highest BCUT2D eigenvalue weighted by atomic mass is 16.7. The van der Waals surface area contributed by atoms with Crippen molar-refractivity contribution < 1.29 is 18.9 Å². The maximum atomic E-state index is 6.01. The third-order valence-corrected chi connectivity index (χ3v) is 4.73. The van der Waals surface area contributed by atoms with Gasteiger partial charge in [-0.25, -0.2) is 4.98 Å². The van der Waals surface area contributed by atoms with Crippen molar-refractivity contribution in [3.63, 3.8) is 0 Å². The van der Waals surface area contributed by atoms with Crippen LogP contribution in [0.2, 0.25) is 0 Å². The summed E-state index contributed by atoms with van der Waals surface area (Å²) in [4.78, 5) is 12.9. The van der Waals surface area contributed by atoms with Crippen molar-refractivity contribution in [1.82, 2.24) is 19.5 Å². The zero-order valence-corrected chi connectivity index (χ0v) is 16.4. The third kappa shape index (κ3) is 3.50. The van der Waals surface area contributed by atoms with Crippen molar-refractivity contribution in [1.29, 1.82) is 0 Å². The van der Waals surface area contributed by atoms with Crippen LogP contribution in [0.1, 0.15) is 11.3 Å². The second-order valence-electron chi connectivity index (χ2n) is 6.70. The number of aryl methyl sites for hydroxylation is 1. The van der Waals surface area contributed by atoms with Crippen molar-refractivity contribution in [2.45, 2.75) is 13.8 Å². The molecule has 150 valence electrons. The summed E-state index contributed by atoms with van der Waals surface area (Å²) in [6.45, 7) is 4.00. The molecule has 1 aliphatic heterocycles. The number of benzene rings is 2. The van der Waals surface area contributed by atoms with Crippen LogP contribution in [0, 0.1) is 13.8 Å². The predicted molar refractivity (Wildman–Crippen MR) is 108 cm³/mol. The zero-order valence-electron chi connectivity index (χ0n) is 16.4. The average molecular weight is 402 g/mol. The molecule has 2 aromatic heterocycles. The number of hydrogen-bond donors (Lipinski definition) is 0. The van der Waals surface area contributed by atoms with Crippen LogP contribution in [0.4, 0.5) is 0 Å². The fraction of sp³-hybridized carbons (Fsp3) is 0.136. The van der Waals surface area contributed by atoms with Crippen LogP contribution in [0.5, 0.6) is 34.9 Å². The molecule has 0 bridgehead atoms. The summed E-state index contributed by atoms with van der Waals surface area (Å²) in [5.41, 5.74) is 2.60. The first-order valence-electron chi connectivity index (χ1n) is 9.35. The van der Waals surface area contributed by atoms with Crippen molar-refractivity contribution in [3.8, 4) is 40.6 Å². The van der Waals surface area contributed by atoms with E-state index < -0.39 is 0 Å². The van der Waals surface area contributed by atoms with Gasteiger partial charge in [0.25, 0.3) is 0 Å². The Bertz CT molecular complexity index is 1190. The average Bonchev–Trinajstić information content (AvgIpc) is 3.44. The monoisotopic (exact) mass is 402 g/mol. The van der Waals surface area contributed by atoms with E-state index in [4.69, 9.17) is 18.9 Å². The normalized spacial score (nSPS) is 12.1. The van der Waals surface area contributed by atoms with E-state index in [2.05, 4.69) is 15.0 Å². The predicted octanol–water partition coefficient (Wildman–Crippen LogP) is 4.59. The fourth-order valence-electron chi connectivity index (χ4n) is 2.98. The summed E-state index contributed by atoms with van der Waals surface area (Å²) in [6.07, 6.45) is 5.36. The van der Waals surface area contributed by atoms with Gasteiger partial charge in [-0.2, -0.15) is 9.97 Å². The molecule has 0 N–H and O–H groups in total. The molecule has 0 radical (unpaired) electrons. The third-order valence-electron chi connectivity index (χ3n) is 4.73. The molecule has 4 aromatic rings. The molecule has 0 fully saturated rings. The molecule has 8 heteroatoms. The Balaban J connectivity index is 1.38. The first kappa shape index (κ1) is 18.0. The molecule has 0 spiro atoms. The minimum atomic E-state index is 0.196. The number of aromatic nitrogens is 4. The van der Waals surface area contributed by atoms with E-state index in [9.17, 15) is 0 Å². The lowest BCUT2D eigenvalue weighted by atomic mass is 10.2. The Morgan fingerprint density at radius 2 is 1.70 bits per heavy atom. The van der Waals surface area contributed by atoms with Gasteiger partial charge in [0.2, 0.25) is 12.7 Å². The van der Waals surface area contributed by atoms with Crippen molar-refractivity contribution in [2.24, 2.45) is 0 Å². The van der Waals surface area contributed by atoms with E-state index >= 15 is 0 Å². The van der Waals surface area contributed by atoms with Crippen molar-refractivity contribution in [2.75, 3.05) is 6.79 Å². The summed E-state index contributed by atoms with van der Waals surface area (Å²) < 4.78 is 24.5. The molecule has 1 aliphatic rings. The number of ether oxygens (including phenoxy) is 4. The molecule has 8 nitrogen and oxygen atoms in total. The SMILES string of the molecule is Cc1nc(Oc2ccc3c(c2)OCO3)nc(Oc2ccc(-n3ccnc3)cc2)c1C. The van der Waals surface area contributed by atoms with Gasteiger partial charge in [-0.15, -0.1) is 0 Å². The summed E-state index contributed by atoms with van der Waals surface area (Å²) in [6, 6.07) is 13.2. The summed E-state index contributed by atoms with van der Waals surface area (Å²) in [7, 11) is 0. The lowest BCUT2D eigenvalue weighted by Gasteiger charge is -2.12. The highest BCUT2D eigenvalue weighted by Gasteiger charge is 2.16. The highest BCUT2D eigenvalue weighted by Crippen LogP contribution is 2.36. The molecule has 2 aromatic carbocycles. The van der Waals surface area contributed by atoms with Gasteiger partial charge < -0.3 is 23.5 Å². The van der Waals surface area contributed by atoms with E-state index in [1.54, 1.807) is 30.7 Å². The van der Waals surface area contributed by atoms with Crippen molar-refractivity contribution >= 4 is 0 Å². The van der Waals surface area contributed by atoms with E-state index in [0.717, 1.165) is 16.9 Å². The minimum Gasteiger partial charge on any atom is -0.454 e. The number of fused-ring (bicyclic) bond motifs is 1. The van der Waals surface area contributed by atoms with Gasteiger partial charge in [0.05, 0.1) is 12.0 Å². The van der Waals surface area contributed by atoms with Crippen LogP contribution in [0.3, 0.4) is 0 Å². The largest absolute Gasteiger partial charge is 0.454 e. The van der Waals surface area contributed by atoms with Crippen LogP contribution in [0.25, 0.3) is 5.69 Å². The Morgan fingerprint density at radius 1 is 0.900 bits per heavy atom. The lowest BCUT2D eigenvalue weighted by molar-refractivity contribution is 0.174. The maximum Gasteiger partial charge on any atom is 0.325 e. The van der Waals surface area contributed by atoms with Crippen LogP contribution >= 0.6 is 0 Å². The van der Waals surface area contributed by atoms with Gasteiger partial charge in [0.15, 0.2) is 11.5 Å². The maximum absolute atomic E-state index is 6.01. The second kappa shape index (κ2) is 7.40. The van der Waals surface area contributed by atoms with Gasteiger partial charge in [-0.1, -0.05) is 0 Å². The van der Waals surface area contributed by atoms with Gasteiger partial charge in [0.1, 0.15) is 11.5 Å². The molecule has 0 saturated carbocycles. The van der Waals surface area contributed by atoms with Gasteiger partial charge in [-0.3, -0.25) is 0 Å². The number of rotatable bonds is 5. The highest BCUT2D eigenvalue weighted by molar-refractivity contribution is 5.47. The summed E-state index contributed by atoms with van der Waals surface area (Å²) in [5.74, 6) is 2.97. The minimum absolute atomic E-state index is 0.196.